The first-order valence-electron chi connectivity index (χ1n) is 8.81. The first kappa shape index (κ1) is 22.9. The zero-order valence-corrected chi connectivity index (χ0v) is 17.3. The average molecular weight is 431 g/mol. The Balaban J connectivity index is 2.33. The smallest absolute Gasteiger partial charge is 0.388 e. The lowest BCUT2D eigenvalue weighted by Crippen LogP contribution is -2.40. The molecule has 0 aliphatic rings. The standard InChI is InChI=1S/C18H24F3N5O2S/c1-5-29(22,28)13-8-6-12(7-9-13)25-16-23-10-14(18(19,20)21)15(26-16)24-11(2)17(3,4)27/h6-11,22,27H,5H2,1-4H3,(H2,23,24,25,26)/t11-,29?/m1/s1. The van der Waals surface area contributed by atoms with E-state index in [0.29, 0.717) is 16.8 Å². The molecule has 160 valence electrons. The summed E-state index contributed by atoms with van der Waals surface area (Å²) in [6, 6.07) is 5.41. The molecule has 1 heterocycles. The minimum Gasteiger partial charge on any atom is -0.388 e. The lowest BCUT2D eigenvalue weighted by Gasteiger charge is -2.28. The summed E-state index contributed by atoms with van der Waals surface area (Å²) in [5, 5.41) is 15.4. The second-order valence-corrected chi connectivity index (χ2v) is 9.49. The highest BCUT2D eigenvalue weighted by atomic mass is 32.2. The third-order valence-corrected chi connectivity index (χ3v) is 6.25. The molecule has 0 amide bonds. The van der Waals surface area contributed by atoms with Gasteiger partial charge in [-0.25, -0.2) is 14.0 Å². The molecule has 0 saturated heterocycles. The summed E-state index contributed by atoms with van der Waals surface area (Å²) in [4.78, 5) is 8.00. The number of anilines is 3. The summed E-state index contributed by atoms with van der Waals surface area (Å²) in [5.74, 6) is -0.365. The van der Waals surface area contributed by atoms with E-state index < -0.39 is 38.9 Å². The van der Waals surface area contributed by atoms with Crippen molar-refractivity contribution in [1.29, 1.82) is 4.78 Å². The van der Waals surface area contributed by atoms with Gasteiger partial charge in [0, 0.05) is 22.5 Å². The van der Waals surface area contributed by atoms with Crippen molar-refractivity contribution >= 4 is 27.2 Å². The molecule has 29 heavy (non-hydrogen) atoms. The van der Waals surface area contributed by atoms with E-state index in [9.17, 15) is 22.5 Å². The van der Waals surface area contributed by atoms with E-state index in [4.69, 9.17) is 4.78 Å². The maximum atomic E-state index is 13.3. The Kier molecular flexibility index (Phi) is 6.43. The first-order chi connectivity index (χ1) is 13.2. The molecule has 7 nitrogen and oxygen atoms in total. The summed E-state index contributed by atoms with van der Waals surface area (Å²) in [7, 11) is -2.86. The predicted molar refractivity (Wildman–Crippen MR) is 106 cm³/mol. The Bertz CT molecular complexity index is 955. The van der Waals surface area contributed by atoms with Crippen molar-refractivity contribution in [2.75, 3.05) is 16.4 Å². The molecule has 11 heteroatoms. The monoisotopic (exact) mass is 431 g/mol. The van der Waals surface area contributed by atoms with Crippen molar-refractivity contribution in [3.63, 3.8) is 0 Å². The van der Waals surface area contributed by atoms with Crippen LogP contribution in [-0.2, 0) is 15.9 Å². The lowest BCUT2D eigenvalue weighted by atomic mass is 10.0. The third kappa shape index (κ3) is 5.80. The fraction of sp³-hybridized carbons (Fsp3) is 0.444. The number of nitrogens with zero attached hydrogens (tertiary/aromatic N) is 2. The number of nitrogens with one attached hydrogen (secondary N) is 3. The molecule has 1 aromatic carbocycles. The van der Waals surface area contributed by atoms with Crippen LogP contribution in [0.1, 0.15) is 33.3 Å². The van der Waals surface area contributed by atoms with E-state index in [2.05, 4.69) is 20.6 Å². The van der Waals surface area contributed by atoms with Gasteiger partial charge in [0.2, 0.25) is 5.95 Å². The van der Waals surface area contributed by atoms with E-state index in [1.807, 2.05) is 0 Å². The zero-order chi connectivity index (χ0) is 22.0. The second-order valence-electron chi connectivity index (χ2n) is 7.09. The quantitative estimate of drug-likeness (QED) is 0.522. The van der Waals surface area contributed by atoms with Crippen molar-refractivity contribution < 1.29 is 22.5 Å². The Morgan fingerprint density at radius 2 is 1.83 bits per heavy atom. The van der Waals surface area contributed by atoms with Crippen LogP contribution in [0.2, 0.25) is 0 Å². The molecule has 4 N–H and O–H groups in total. The van der Waals surface area contributed by atoms with Crippen molar-refractivity contribution in [1.82, 2.24) is 9.97 Å². The minimum atomic E-state index is -4.67. The van der Waals surface area contributed by atoms with Crippen molar-refractivity contribution in [2.45, 2.75) is 50.4 Å². The van der Waals surface area contributed by atoms with Gasteiger partial charge in [-0.3, -0.25) is 0 Å². The number of alkyl halides is 3. The summed E-state index contributed by atoms with van der Waals surface area (Å²) < 4.78 is 59.7. The number of aliphatic hydroxyl groups is 1. The normalized spacial score (nSPS) is 15.4. The Hall–Kier alpha value is -2.40. The summed E-state index contributed by atoms with van der Waals surface area (Å²) in [5.41, 5.74) is -1.87. The van der Waals surface area contributed by atoms with Crippen LogP contribution in [0.15, 0.2) is 35.4 Å². The number of hydrogen-bond donors (Lipinski definition) is 4. The van der Waals surface area contributed by atoms with Gasteiger partial charge in [0.25, 0.3) is 0 Å². The number of rotatable bonds is 7. The van der Waals surface area contributed by atoms with E-state index in [1.165, 1.54) is 26.0 Å². The van der Waals surface area contributed by atoms with Gasteiger partial charge in [-0.1, -0.05) is 6.92 Å². The van der Waals surface area contributed by atoms with Gasteiger partial charge in [-0.05, 0) is 45.0 Å². The first-order valence-corrected chi connectivity index (χ1v) is 10.5. The predicted octanol–water partition coefficient (Wildman–Crippen LogP) is 4.24. The van der Waals surface area contributed by atoms with Crippen LogP contribution in [0.4, 0.5) is 30.6 Å². The number of aromatic nitrogens is 2. The minimum absolute atomic E-state index is 0.0849. The highest BCUT2D eigenvalue weighted by Crippen LogP contribution is 2.35. The zero-order valence-electron chi connectivity index (χ0n) is 16.5. The summed E-state index contributed by atoms with van der Waals surface area (Å²) in [6.45, 7) is 6.14. The molecule has 1 aromatic heterocycles. The van der Waals surface area contributed by atoms with Crippen molar-refractivity contribution in [3.8, 4) is 0 Å². The van der Waals surface area contributed by atoms with Crippen LogP contribution in [0, 0.1) is 4.78 Å². The van der Waals surface area contributed by atoms with E-state index >= 15 is 0 Å². The van der Waals surface area contributed by atoms with Crippen LogP contribution < -0.4 is 10.6 Å². The molecule has 0 bridgehead atoms. The molecule has 0 fully saturated rings. The van der Waals surface area contributed by atoms with E-state index in [0.717, 1.165) is 0 Å². The van der Waals surface area contributed by atoms with Crippen molar-refractivity contribution in [2.24, 2.45) is 0 Å². The van der Waals surface area contributed by atoms with Crippen molar-refractivity contribution in [3.05, 3.63) is 36.0 Å². The largest absolute Gasteiger partial charge is 0.421 e. The SMILES string of the molecule is CCS(=N)(=O)c1ccc(Nc2ncc(C(F)(F)F)c(N[C@H](C)C(C)(C)O)n2)cc1. The Labute approximate surface area is 167 Å². The molecule has 0 aliphatic heterocycles. The highest BCUT2D eigenvalue weighted by molar-refractivity contribution is 7.92. The average Bonchev–Trinajstić information content (AvgIpc) is 2.60. The highest BCUT2D eigenvalue weighted by Gasteiger charge is 2.36. The van der Waals surface area contributed by atoms with Gasteiger partial charge in [-0.2, -0.15) is 18.2 Å². The van der Waals surface area contributed by atoms with Gasteiger partial charge in [0.15, 0.2) is 0 Å². The van der Waals surface area contributed by atoms with Crippen LogP contribution in [0.3, 0.4) is 0 Å². The lowest BCUT2D eigenvalue weighted by molar-refractivity contribution is -0.137. The number of halogens is 3. The molecule has 0 aliphatic carbocycles. The molecule has 0 saturated carbocycles. The summed E-state index contributed by atoms with van der Waals surface area (Å²) in [6.07, 6.45) is -4.01. The van der Waals surface area contributed by atoms with Crippen LogP contribution >= 0.6 is 0 Å². The molecular weight excluding hydrogens is 407 g/mol. The van der Waals surface area contributed by atoms with Gasteiger partial charge in [-0.15, -0.1) is 0 Å². The maximum absolute atomic E-state index is 13.3. The molecule has 0 radical (unpaired) electrons. The van der Waals surface area contributed by atoms with Gasteiger partial charge in [0.1, 0.15) is 11.4 Å². The molecule has 1 unspecified atom stereocenters. The van der Waals surface area contributed by atoms with Crippen LogP contribution in [-0.4, -0.2) is 36.7 Å². The van der Waals surface area contributed by atoms with Gasteiger partial charge >= 0.3 is 6.18 Å². The molecule has 0 spiro atoms. The van der Waals surface area contributed by atoms with Gasteiger partial charge in [0.05, 0.1) is 21.4 Å². The second kappa shape index (κ2) is 8.15. The van der Waals surface area contributed by atoms with E-state index in [-0.39, 0.29) is 11.7 Å². The molecule has 2 rings (SSSR count). The fourth-order valence-electron chi connectivity index (χ4n) is 2.20. The number of hydrogen-bond acceptors (Lipinski definition) is 7. The summed E-state index contributed by atoms with van der Waals surface area (Å²) >= 11 is 0. The molecule has 2 atom stereocenters. The maximum Gasteiger partial charge on any atom is 0.421 e. The third-order valence-electron chi connectivity index (χ3n) is 4.40. The van der Waals surface area contributed by atoms with E-state index in [1.54, 1.807) is 26.0 Å². The van der Waals surface area contributed by atoms with Crippen LogP contribution in [0.25, 0.3) is 0 Å². The Morgan fingerprint density at radius 1 is 1.24 bits per heavy atom. The fourth-order valence-corrected chi connectivity index (χ4v) is 3.10. The van der Waals surface area contributed by atoms with Crippen LogP contribution in [0.5, 0.6) is 0 Å². The number of benzene rings is 1. The molecular formula is C18H24F3N5O2S. The van der Waals surface area contributed by atoms with Gasteiger partial charge < -0.3 is 15.7 Å². The topological polar surface area (TPSA) is 111 Å². The Morgan fingerprint density at radius 3 is 2.31 bits per heavy atom. The molecule has 2 aromatic rings.